The topological polar surface area (TPSA) is 94.9 Å². The minimum Gasteiger partial charge on any atom is -0.465 e. The number of nitrogens with zero attached hydrogens (tertiary/aromatic N) is 6. The smallest absolute Gasteiger partial charge is 0.407 e. The third kappa shape index (κ3) is 6.57. The van der Waals surface area contributed by atoms with E-state index in [1.165, 1.54) is 12.1 Å². The number of ether oxygens (including phenoxy) is 1. The highest BCUT2D eigenvalue weighted by Crippen LogP contribution is 2.44. The summed E-state index contributed by atoms with van der Waals surface area (Å²) in [5.74, 6) is 2.84. The molecule has 0 aliphatic carbocycles. The van der Waals surface area contributed by atoms with Crippen LogP contribution in [-0.2, 0) is 0 Å². The number of rotatable bonds is 8. The second-order valence-corrected chi connectivity index (χ2v) is 23.3. The highest BCUT2D eigenvalue weighted by Gasteiger charge is 2.48. The first-order valence-electron chi connectivity index (χ1n) is 20.2. The standard InChI is InChI=1S/C45H52F2N6O3Si/c1-26(2)57(27(3)4,28(5)6)15-14-32-17-33(46)16-31-10-9-11-36(38(31)32)40-39(47)41-37(20-48-40)42(51-23-34-12-13-35(24-51)53(34)44(54)55)50-43(49-41)56-25-45-18-29(7)21-52(45)22-30(8)19-45/h9-11,16-17,20,26-28,34-35H,7-8,12-13,18-19,21-25H2,1-6H3,(H,54,55)/t34-,35+. The van der Waals surface area contributed by atoms with Crippen LogP contribution < -0.4 is 9.64 Å². The highest BCUT2D eigenvalue weighted by molar-refractivity contribution is 6.90. The van der Waals surface area contributed by atoms with Crippen LogP contribution in [0.15, 0.2) is 60.8 Å². The maximum absolute atomic E-state index is 17.5. The number of halogens is 2. The molecule has 1 N–H and O–H groups in total. The lowest BCUT2D eigenvalue weighted by Gasteiger charge is -2.40. The largest absolute Gasteiger partial charge is 0.465 e. The van der Waals surface area contributed by atoms with Gasteiger partial charge in [0.2, 0.25) is 0 Å². The van der Waals surface area contributed by atoms with Gasteiger partial charge < -0.3 is 14.7 Å². The van der Waals surface area contributed by atoms with Gasteiger partial charge in [-0.05, 0) is 59.8 Å². The van der Waals surface area contributed by atoms with E-state index in [0.29, 0.717) is 62.8 Å². The van der Waals surface area contributed by atoms with E-state index in [-0.39, 0.29) is 41.5 Å². The van der Waals surface area contributed by atoms with Gasteiger partial charge in [0.05, 0.1) is 23.0 Å². The Hall–Kier alpha value is -4.86. The second-order valence-electron chi connectivity index (χ2n) is 17.7. The van der Waals surface area contributed by atoms with Gasteiger partial charge >= 0.3 is 12.1 Å². The maximum Gasteiger partial charge on any atom is 0.407 e. The molecule has 0 saturated carbocycles. The van der Waals surface area contributed by atoms with E-state index in [9.17, 15) is 9.90 Å². The van der Waals surface area contributed by atoms with Crippen LogP contribution in [0, 0.1) is 23.1 Å². The quantitative estimate of drug-likeness (QED) is 0.107. The fourth-order valence-electron chi connectivity index (χ4n) is 10.9. The average molecular weight is 791 g/mol. The molecule has 8 rings (SSSR count). The van der Waals surface area contributed by atoms with Crippen molar-refractivity contribution in [3.63, 3.8) is 0 Å². The van der Waals surface area contributed by atoms with Gasteiger partial charge in [0.15, 0.2) is 5.82 Å². The van der Waals surface area contributed by atoms with Crippen molar-refractivity contribution >= 4 is 41.7 Å². The molecule has 4 aliphatic heterocycles. The lowest BCUT2D eigenvalue weighted by atomic mass is 9.92. The van der Waals surface area contributed by atoms with Crippen molar-refractivity contribution in [2.45, 2.75) is 101 Å². The van der Waals surface area contributed by atoms with Crippen LogP contribution in [0.2, 0.25) is 16.6 Å². The first-order chi connectivity index (χ1) is 27.1. The SMILES string of the molecule is C=C1CN2CC(=C)CC2(COc2nc(N3C[C@H]4CC[C@@H](C3)N4C(=O)O)c3cnc(-c4cccc5cc(F)cc(C#C[Si](C(C)C)(C(C)C)C(C)C)c45)c(F)c3n2)C1. The molecule has 2 aromatic carbocycles. The van der Waals surface area contributed by atoms with Crippen molar-refractivity contribution < 1.29 is 23.4 Å². The second kappa shape index (κ2) is 14.5. The van der Waals surface area contributed by atoms with Crippen LogP contribution in [0.3, 0.4) is 0 Å². The van der Waals surface area contributed by atoms with Gasteiger partial charge in [0, 0.05) is 48.9 Å². The molecule has 2 atom stereocenters. The molecule has 12 heteroatoms. The number of hydrogen-bond acceptors (Lipinski definition) is 7. The molecule has 2 bridgehead atoms. The minimum absolute atomic E-state index is 0.0369. The van der Waals surface area contributed by atoms with E-state index in [2.05, 4.69) is 71.1 Å². The van der Waals surface area contributed by atoms with E-state index in [0.717, 1.165) is 49.9 Å². The molecule has 57 heavy (non-hydrogen) atoms. The molecule has 4 fully saturated rings. The number of fused-ring (bicyclic) bond motifs is 5. The number of pyridine rings is 1. The Kier molecular flexibility index (Phi) is 9.92. The molecule has 1 amide bonds. The molecule has 4 aliphatic rings. The minimum atomic E-state index is -2.20. The fraction of sp³-hybridized carbons (Fsp3) is 0.467. The van der Waals surface area contributed by atoms with Crippen molar-refractivity contribution in [1.82, 2.24) is 24.8 Å². The van der Waals surface area contributed by atoms with Crippen LogP contribution in [0.5, 0.6) is 6.01 Å². The molecule has 0 radical (unpaired) electrons. The first-order valence-corrected chi connectivity index (χ1v) is 22.4. The molecular formula is C45H52F2N6O3Si. The Labute approximate surface area is 334 Å². The van der Waals surface area contributed by atoms with E-state index in [4.69, 9.17) is 19.7 Å². The van der Waals surface area contributed by atoms with Gasteiger partial charge in [-0.15, -0.1) is 5.54 Å². The normalized spacial score (nSPS) is 20.7. The highest BCUT2D eigenvalue weighted by atomic mass is 28.3. The van der Waals surface area contributed by atoms with Crippen molar-refractivity contribution in [1.29, 1.82) is 0 Å². The fourth-order valence-corrected chi connectivity index (χ4v) is 16.1. The van der Waals surface area contributed by atoms with Crippen molar-refractivity contribution in [3.05, 3.63) is 78.0 Å². The molecule has 2 aromatic heterocycles. The lowest BCUT2D eigenvalue weighted by molar-refractivity contribution is 0.107. The van der Waals surface area contributed by atoms with Gasteiger partial charge in [0.25, 0.3) is 0 Å². The monoisotopic (exact) mass is 790 g/mol. The summed E-state index contributed by atoms with van der Waals surface area (Å²) in [7, 11) is -2.20. The van der Waals surface area contributed by atoms with Gasteiger partial charge in [-0.25, -0.2) is 13.6 Å². The number of amides is 1. The first kappa shape index (κ1) is 39.0. The third-order valence-electron chi connectivity index (χ3n) is 13.3. The summed E-state index contributed by atoms with van der Waals surface area (Å²) in [4.78, 5) is 32.5. The van der Waals surface area contributed by atoms with E-state index in [1.54, 1.807) is 23.2 Å². The van der Waals surface area contributed by atoms with E-state index < -0.39 is 25.8 Å². The number of carboxylic acid groups (broad SMARTS) is 1. The Morgan fingerprint density at radius 2 is 1.65 bits per heavy atom. The van der Waals surface area contributed by atoms with Crippen LogP contribution in [0.1, 0.15) is 72.8 Å². The third-order valence-corrected chi connectivity index (χ3v) is 19.5. The zero-order chi connectivity index (χ0) is 40.6. The summed E-state index contributed by atoms with van der Waals surface area (Å²) in [6, 6.07) is 7.92. The summed E-state index contributed by atoms with van der Waals surface area (Å²) >= 11 is 0. The van der Waals surface area contributed by atoms with Gasteiger partial charge in [-0.3, -0.25) is 14.8 Å². The number of benzene rings is 2. The predicted molar refractivity (Wildman–Crippen MR) is 224 cm³/mol. The van der Waals surface area contributed by atoms with E-state index in [1.807, 2.05) is 11.0 Å². The average Bonchev–Trinajstić information content (AvgIpc) is 3.72. The Balaban J connectivity index is 1.27. The maximum atomic E-state index is 17.5. The number of anilines is 1. The van der Waals surface area contributed by atoms with Crippen LogP contribution >= 0.6 is 0 Å². The van der Waals surface area contributed by atoms with Crippen LogP contribution in [0.4, 0.5) is 19.4 Å². The summed E-state index contributed by atoms with van der Waals surface area (Å²) in [6.07, 6.45) is 3.67. The van der Waals surface area contributed by atoms with Crippen LogP contribution in [0.25, 0.3) is 32.9 Å². The summed E-state index contributed by atoms with van der Waals surface area (Å²) in [5.41, 5.74) is 7.89. The molecule has 6 heterocycles. The van der Waals surface area contributed by atoms with Crippen molar-refractivity contribution in [3.8, 4) is 28.7 Å². The lowest BCUT2D eigenvalue weighted by Crippen LogP contribution is -2.55. The van der Waals surface area contributed by atoms with Gasteiger partial charge in [0.1, 0.15) is 37.5 Å². The number of hydrogen-bond donors (Lipinski definition) is 1. The summed E-state index contributed by atoms with van der Waals surface area (Å²) < 4.78 is 39.2. The van der Waals surface area contributed by atoms with Crippen molar-refractivity contribution in [2.24, 2.45) is 0 Å². The molecule has 4 aromatic rings. The zero-order valence-corrected chi connectivity index (χ0v) is 34.8. The molecule has 9 nitrogen and oxygen atoms in total. The van der Waals surface area contributed by atoms with E-state index >= 15 is 8.78 Å². The van der Waals surface area contributed by atoms with Crippen molar-refractivity contribution in [2.75, 3.05) is 37.7 Å². The number of carbonyl (C=O) groups is 1. The van der Waals surface area contributed by atoms with Gasteiger partial charge in [-0.2, -0.15) is 9.97 Å². The number of piperazine rings is 1. The molecule has 4 saturated heterocycles. The Morgan fingerprint density at radius 1 is 1.00 bits per heavy atom. The molecule has 0 spiro atoms. The Bertz CT molecular complexity index is 2330. The zero-order valence-electron chi connectivity index (χ0n) is 33.8. The van der Waals surface area contributed by atoms with Gasteiger partial charge in [-0.1, -0.05) is 90.0 Å². The molecular weight excluding hydrogens is 739 g/mol. The predicted octanol–water partition coefficient (Wildman–Crippen LogP) is 9.36. The Morgan fingerprint density at radius 3 is 2.26 bits per heavy atom. The van der Waals surface area contributed by atoms with Crippen LogP contribution in [-0.4, -0.2) is 94.4 Å². The molecule has 298 valence electrons. The summed E-state index contributed by atoms with van der Waals surface area (Å²) in [5, 5.41) is 11.6. The number of aromatic nitrogens is 3. The summed E-state index contributed by atoms with van der Waals surface area (Å²) in [6.45, 7) is 24.5. The molecule has 0 unspecified atom stereocenters.